The van der Waals surface area contributed by atoms with Crippen molar-refractivity contribution in [3.8, 4) is 0 Å². The Bertz CT molecular complexity index is 473. The van der Waals surface area contributed by atoms with E-state index in [4.69, 9.17) is 9.47 Å². The third-order valence-electron chi connectivity index (χ3n) is 2.59. The largest absolute Gasteiger partial charge is 0.346 e. The summed E-state index contributed by atoms with van der Waals surface area (Å²) in [6, 6.07) is 8.08. The summed E-state index contributed by atoms with van der Waals surface area (Å²) in [6.45, 7) is 1.35. The van der Waals surface area contributed by atoms with Crippen LogP contribution < -0.4 is 0 Å². The highest BCUT2D eigenvalue weighted by molar-refractivity contribution is 5.84. The van der Waals surface area contributed by atoms with Gasteiger partial charge in [-0.3, -0.25) is 4.98 Å². The van der Waals surface area contributed by atoms with Crippen molar-refractivity contribution >= 4 is 10.8 Å². The van der Waals surface area contributed by atoms with E-state index in [1.165, 1.54) is 0 Å². The van der Waals surface area contributed by atoms with Gasteiger partial charge in [-0.15, -0.1) is 0 Å². The minimum atomic E-state index is -0.212. The fourth-order valence-corrected chi connectivity index (χ4v) is 1.89. The Morgan fingerprint density at radius 1 is 1.13 bits per heavy atom. The molecular weight excluding hydrogens is 190 g/mol. The Labute approximate surface area is 87.6 Å². The Balaban J connectivity index is 2.16. The van der Waals surface area contributed by atoms with Crippen molar-refractivity contribution in [1.82, 2.24) is 4.98 Å². The van der Waals surface area contributed by atoms with E-state index >= 15 is 0 Å². The van der Waals surface area contributed by atoms with Crippen molar-refractivity contribution in [2.24, 2.45) is 0 Å². The third kappa shape index (κ3) is 1.50. The molecule has 0 N–H and O–H groups in total. The van der Waals surface area contributed by atoms with Gasteiger partial charge >= 0.3 is 0 Å². The Morgan fingerprint density at radius 3 is 2.87 bits per heavy atom. The van der Waals surface area contributed by atoms with E-state index in [1.807, 2.05) is 30.5 Å². The molecule has 3 heteroatoms. The number of fused-ring (bicyclic) bond motifs is 1. The van der Waals surface area contributed by atoms with Crippen LogP contribution in [-0.2, 0) is 9.47 Å². The van der Waals surface area contributed by atoms with Crippen LogP contribution in [-0.4, -0.2) is 18.2 Å². The molecule has 76 valence electrons. The predicted octanol–water partition coefficient (Wildman–Crippen LogP) is 2.28. The van der Waals surface area contributed by atoms with Crippen LogP contribution in [0, 0.1) is 0 Å². The van der Waals surface area contributed by atoms with E-state index in [0.717, 1.165) is 16.3 Å². The molecule has 0 amide bonds. The van der Waals surface area contributed by atoms with E-state index in [9.17, 15) is 0 Å². The summed E-state index contributed by atoms with van der Waals surface area (Å²) in [4.78, 5) is 4.10. The number of pyridine rings is 1. The van der Waals surface area contributed by atoms with E-state index in [1.54, 1.807) is 6.20 Å². The van der Waals surface area contributed by atoms with Gasteiger partial charge in [0.05, 0.1) is 13.2 Å². The summed E-state index contributed by atoms with van der Waals surface area (Å²) in [6.07, 6.45) is 3.44. The predicted molar refractivity (Wildman–Crippen MR) is 56.4 cm³/mol. The first-order valence-electron chi connectivity index (χ1n) is 5.01. The van der Waals surface area contributed by atoms with Gasteiger partial charge in [-0.1, -0.05) is 18.2 Å². The maximum Gasteiger partial charge on any atom is 0.184 e. The van der Waals surface area contributed by atoms with Gasteiger partial charge in [0.25, 0.3) is 0 Å². The Hall–Kier alpha value is -1.45. The minimum Gasteiger partial charge on any atom is -0.346 e. The lowest BCUT2D eigenvalue weighted by atomic mass is 10.1. The molecule has 0 spiro atoms. The third-order valence-corrected chi connectivity index (χ3v) is 2.59. The molecule has 0 radical (unpaired) electrons. The number of benzene rings is 1. The summed E-state index contributed by atoms with van der Waals surface area (Å²) in [5, 5.41) is 2.27. The normalized spacial score (nSPS) is 17.3. The van der Waals surface area contributed by atoms with Crippen LogP contribution >= 0.6 is 0 Å². The van der Waals surface area contributed by atoms with Crippen LogP contribution in [0.2, 0.25) is 0 Å². The summed E-state index contributed by atoms with van der Waals surface area (Å²) in [5.41, 5.74) is 1.09. The van der Waals surface area contributed by atoms with Gasteiger partial charge in [0.2, 0.25) is 0 Å². The molecule has 0 saturated carbocycles. The van der Waals surface area contributed by atoms with E-state index < -0.39 is 0 Å². The molecule has 0 unspecified atom stereocenters. The second kappa shape index (κ2) is 3.61. The molecule has 2 aromatic rings. The van der Waals surface area contributed by atoms with Gasteiger partial charge in [0.15, 0.2) is 6.29 Å². The molecule has 1 aliphatic heterocycles. The first-order valence-corrected chi connectivity index (χ1v) is 5.01. The van der Waals surface area contributed by atoms with Crippen molar-refractivity contribution < 1.29 is 9.47 Å². The Morgan fingerprint density at radius 2 is 2.00 bits per heavy atom. The monoisotopic (exact) mass is 201 g/mol. The van der Waals surface area contributed by atoms with Crippen LogP contribution in [0.15, 0.2) is 36.7 Å². The van der Waals surface area contributed by atoms with Crippen LogP contribution in [0.5, 0.6) is 0 Å². The van der Waals surface area contributed by atoms with Crippen molar-refractivity contribution in [2.45, 2.75) is 6.29 Å². The molecule has 3 nitrogen and oxygen atoms in total. The summed E-state index contributed by atoms with van der Waals surface area (Å²) in [7, 11) is 0. The SMILES string of the molecule is c1cc(C2OCCO2)c2ccncc2c1. The lowest BCUT2D eigenvalue weighted by Crippen LogP contribution is -1.98. The minimum absolute atomic E-state index is 0.212. The first kappa shape index (κ1) is 8.83. The van der Waals surface area contributed by atoms with E-state index in [0.29, 0.717) is 13.2 Å². The maximum absolute atomic E-state index is 5.50. The number of hydrogen-bond donors (Lipinski definition) is 0. The molecule has 1 aromatic heterocycles. The van der Waals surface area contributed by atoms with Crippen molar-refractivity contribution in [3.63, 3.8) is 0 Å². The molecule has 1 fully saturated rings. The van der Waals surface area contributed by atoms with E-state index in [2.05, 4.69) is 4.98 Å². The molecule has 0 atom stereocenters. The molecule has 1 aliphatic rings. The number of ether oxygens (including phenoxy) is 2. The van der Waals surface area contributed by atoms with Gasteiger partial charge in [0, 0.05) is 23.3 Å². The van der Waals surface area contributed by atoms with Crippen LogP contribution in [0.4, 0.5) is 0 Å². The maximum atomic E-state index is 5.50. The van der Waals surface area contributed by atoms with Crippen LogP contribution in [0.1, 0.15) is 11.9 Å². The molecule has 1 saturated heterocycles. The smallest absolute Gasteiger partial charge is 0.184 e. The first-order chi connectivity index (χ1) is 7.45. The number of hydrogen-bond acceptors (Lipinski definition) is 3. The lowest BCUT2D eigenvalue weighted by molar-refractivity contribution is -0.0430. The second-order valence-electron chi connectivity index (χ2n) is 3.52. The zero-order chi connectivity index (χ0) is 10.1. The van der Waals surface area contributed by atoms with Crippen molar-refractivity contribution in [2.75, 3.05) is 13.2 Å². The zero-order valence-corrected chi connectivity index (χ0v) is 8.22. The fraction of sp³-hybridized carbons (Fsp3) is 0.250. The number of nitrogens with zero attached hydrogens (tertiary/aromatic N) is 1. The fourth-order valence-electron chi connectivity index (χ4n) is 1.89. The topological polar surface area (TPSA) is 31.4 Å². The van der Waals surface area contributed by atoms with Gasteiger partial charge < -0.3 is 9.47 Å². The Kier molecular flexibility index (Phi) is 2.12. The average molecular weight is 201 g/mol. The highest BCUT2D eigenvalue weighted by Crippen LogP contribution is 2.29. The van der Waals surface area contributed by atoms with Crippen molar-refractivity contribution in [3.05, 3.63) is 42.2 Å². The number of rotatable bonds is 1. The summed E-state index contributed by atoms with van der Waals surface area (Å²) >= 11 is 0. The molecule has 3 rings (SSSR count). The van der Waals surface area contributed by atoms with Gasteiger partial charge in [-0.2, -0.15) is 0 Å². The van der Waals surface area contributed by atoms with Crippen molar-refractivity contribution in [1.29, 1.82) is 0 Å². The molecule has 15 heavy (non-hydrogen) atoms. The molecule has 1 aromatic carbocycles. The quantitative estimate of drug-likeness (QED) is 0.709. The van der Waals surface area contributed by atoms with Gasteiger partial charge in [0.1, 0.15) is 0 Å². The second-order valence-corrected chi connectivity index (χ2v) is 3.52. The van der Waals surface area contributed by atoms with Crippen LogP contribution in [0.25, 0.3) is 10.8 Å². The van der Waals surface area contributed by atoms with Gasteiger partial charge in [-0.25, -0.2) is 0 Å². The van der Waals surface area contributed by atoms with Crippen LogP contribution in [0.3, 0.4) is 0 Å². The molecule has 0 bridgehead atoms. The average Bonchev–Trinajstić information content (AvgIpc) is 2.82. The standard InChI is InChI=1S/C12H11NO2/c1-2-9-8-13-5-4-10(9)11(3-1)12-14-6-7-15-12/h1-5,8,12H,6-7H2. The summed E-state index contributed by atoms with van der Waals surface area (Å²) < 4.78 is 11.0. The molecular formula is C12H11NO2. The highest BCUT2D eigenvalue weighted by Gasteiger charge is 2.19. The van der Waals surface area contributed by atoms with Gasteiger partial charge in [-0.05, 0) is 11.5 Å². The highest BCUT2D eigenvalue weighted by atomic mass is 16.7. The van der Waals surface area contributed by atoms with E-state index in [-0.39, 0.29) is 6.29 Å². The number of aromatic nitrogens is 1. The summed E-state index contributed by atoms with van der Waals surface area (Å²) in [5.74, 6) is 0. The lowest BCUT2D eigenvalue weighted by Gasteiger charge is -2.11. The zero-order valence-electron chi connectivity index (χ0n) is 8.22. The molecule has 0 aliphatic carbocycles. The molecule has 2 heterocycles.